The number of carbonyl (C=O) groups is 4. The number of hydrogen-bond acceptors (Lipinski definition) is 24. The Bertz CT molecular complexity index is 2600. The van der Waals surface area contributed by atoms with Crippen LogP contribution in [0.5, 0.6) is 0 Å². The summed E-state index contributed by atoms with van der Waals surface area (Å²) >= 11 is 0. The first-order valence-electron chi connectivity index (χ1n) is 48.5. The molecule has 704 valence electrons. The van der Waals surface area contributed by atoms with Crippen LogP contribution in [0.25, 0.3) is 0 Å². The van der Waals surface area contributed by atoms with Crippen LogP contribution in [0, 0.1) is 5.92 Å². The smallest absolute Gasteiger partial charge is 0.463 e. The normalized spacial score (nSPS) is 25.1. The Balaban J connectivity index is 1.92. The molecule has 120 heavy (non-hydrogen) atoms. The van der Waals surface area contributed by atoms with Gasteiger partial charge in [0.15, 0.2) is 24.8 Å². The molecule has 25 nitrogen and oxygen atoms in total. The predicted octanol–water partition coefficient (Wildman–Crippen LogP) is 18.4. The molecule has 2 saturated heterocycles. The van der Waals surface area contributed by atoms with Crippen LogP contribution in [-0.4, -0.2) is 205 Å². The van der Waals surface area contributed by atoms with Crippen LogP contribution >= 0.6 is 7.82 Å². The van der Waals surface area contributed by atoms with Crippen molar-refractivity contribution in [2.75, 3.05) is 26.4 Å². The number of phosphoric acid groups is 1. The van der Waals surface area contributed by atoms with Gasteiger partial charge in [-0.1, -0.05) is 335 Å². The lowest BCUT2D eigenvalue weighted by Gasteiger charge is -2.50. The van der Waals surface area contributed by atoms with Crippen molar-refractivity contribution in [1.82, 2.24) is 0 Å². The molecule has 0 radical (unpaired) electrons. The fraction of sp³-hybridized carbons (Fsp3) is 0.915. The fourth-order valence-electron chi connectivity index (χ4n) is 16.0. The molecule has 3 aliphatic rings. The van der Waals surface area contributed by atoms with Gasteiger partial charge < -0.3 is 88.7 Å². The zero-order chi connectivity index (χ0) is 87.6. The summed E-state index contributed by atoms with van der Waals surface area (Å²) in [5, 5.41) is 102. The molecule has 1 saturated carbocycles. The highest BCUT2D eigenvalue weighted by molar-refractivity contribution is 7.47. The molecule has 0 aromatic rings. The summed E-state index contributed by atoms with van der Waals surface area (Å²) in [5.74, 6) is -2.28. The van der Waals surface area contributed by atoms with Gasteiger partial charge in [0.2, 0.25) is 0 Å². The quantitative estimate of drug-likeness (QED) is 0.00889. The molecular weight excluding hydrogens is 1560 g/mol. The van der Waals surface area contributed by atoms with Gasteiger partial charge in [0.05, 0.1) is 13.2 Å². The van der Waals surface area contributed by atoms with Crippen LogP contribution in [0.2, 0.25) is 0 Å². The first-order chi connectivity index (χ1) is 58.1. The Morgan fingerprint density at radius 3 is 1.08 bits per heavy atom. The lowest BCUT2D eigenvalue weighted by atomic mass is 9.84. The number of rotatable bonds is 78. The number of aliphatic hydroxyl groups is 9. The number of ether oxygens (including phenoxy) is 8. The molecule has 0 spiro atoms. The highest BCUT2D eigenvalue weighted by Crippen LogP contribution is 2.49. The van der Waals surface area contributed by atoms with Gasteiger partial charge in [0.1, 0.15) is 92.6 Å². The molecule has 19 unspecified atom stereocenters. The maximum atomic E-state index is 14.9. The second-order valence-corrected chi connectivity index (χ2v) is 36.3. The standard InChI is InChI=1S/C94H173O25P/c1-6-10-14-18-22-25-28-31-34-37-40-43-46-53-60-66-78(97)111-72-76-82(101)84(103)88(107)94(115-76)118-91-89(116-80(99)68-62-56-48-45-42-39-36-33-30-27-24-20-16-12-8-3)85(104)86(105)90(117-93-87(106)83(102)81(100)75(69-95)114-93)92(91)119-120(108,109)112-71-74(113-79(98)67-61-55-47-44-41-38-35-32-29-26-23-19-15-11-7-2)70-110-77(96)65-59-54-50-49-52-58-64-73(5)63-57-51-21-17-13-9-4/h25,27-28,30,73-76,81-95,100-107H,6-24,26,29,31-72H2,1-5H3,(H,108,109)/b28-25-,30-27-. The van der Waals surface area contributed by atoms with Crippen molar-refractivity contribution >= 4 is 31.7 Å². The molecule has 0 aromatic heterocycles. The zero-order valence-corrected chi connectivity index (χ0v) is 76.2. The minimum absolute atomic E-state index is 0.00885. The molecule has 26 heteroatoms. The summed E-state index contributed by atoms with van der Waals surface area (Å²) in [5.41, 5.74) is 0. The van der Waals surface area contributed by atoms with Crippen molar-refractivity contribution in [3.63, 3.8) is 0 Å². The van der Waals surface area contributed by atoms with E-state index in [0.717, 1.165) is 161 Å². The number of allylic oxidation sites excluding steroid dienone is 4. The second kappa shape index (κ2) is 71.9. The number of unbranched alkanes of at least 4 members (excludes halogenated alkanes) is 46. The van der Waals surface area contributed by atoms with Gasteiger partial charge in [-0.2, -0.15) is 0 Å². The van der Waals surface area contributed by atoms with E-state index in [0.29, 0.717) is 38.0 Å². The number of phosphoric ester groups is 1. The summed E-state index contributed by atoms with van der Waals surface area (Å²) in [6.07, 6.45) is 31.5. The molecule has 2 heterocycles. The van der Waals surface area contributed by atoms with Crippen molar-refractivity contribution < 1.29 is 122 Å². The van der Waals surface area contributed by atoms with Crippen molar-refractivity contribution in [3.05, 3.63) is 24.3 Å². The third kappa shape index (κ3) is 51.7. The number of esters is 4. The van der Waals surface area contributed by atoms with Crippen LogP contribution in [0.3, 0.4) is 0 Å². The molecule has 0 aromatic carbocycles. The minimum Gasteiger partial charge on any atom is -0.463 e. The summed E-state index contributed by atoms with van der Waals surface area (Å²) in [4.78, 5) is 66.6. The number of carbonyl (C=O) groups excluding carboxylic acids is 4. The molecule has 0 bridgehead atoms. The Morgan fingerprint density at radius 2 is 0.675 bits per heavy atom. The van der Waals surface area contributed by atoms with Gasteiger partial charge in [-0.25, -0.2) is 4.57 Å². The maximum Gasteiger partial charge on any atom is 0.472 e. The van der Waals surface area contributed by atoms with Crippen molar-refractivity contribution in [2.45, 2.75) is 518 Å². The highest BCUT2D eigenvalue weighted by atomic mass is 31.2. The average molecular weight is 1730 g/mol. The van der Waals surface area contributed by atoms with E-state index in [2.05, 4.69) is 58.9 Å². The monoisotopic (exact) mass is 1730 g/mol. The van der Waals surface area contributed by atoms with Gasteiger partial charge in [0, 0.05) is 25.7 Å². The summed E-state index contributed by atoms with van der Waals surface area (Å²) in [7, 11) is -5.81. The van der Waals surface area contributed by atoms with E-state index in [9.17, 15) is 74.6 Å². The van der Waals surface area contributed by atoms with Crippen LogP contribution in [0.1, 0.15) is 413 Å². The Hall–Kier alpha value is -3.05. The van der Waals surface area contributed by atoms with Gasteiger partial charge in [-0.3, -0.25) is 28.2 Å². The van der Waals surface area contributed by atoms with Crippen molar-refractivity contribution in [1.29, 1.82) is 0 Å². The first-order valence-corrected chi connectivity index (χ1v) is 50.0. The van der Waals surface area contributed by atoms with E-state index in [1.165, 1.54) is 161 Å². The molecule has 10 N–H and O–H groups in total. The average Bonchev–Trinajstić information content (AvgIpc) is 0.753. The van der Waals surface area contributed by atoms with Crippen LogP contribution in [0.4, 0.5) is 0 Å². The van der Waals surface area contributed by atoms with E-state index < -0.39 is 162 Å². The Morgan fingerprint density at radius 1 is 0.350 bits per heavy atom. The third-order valence-corrected chi connectivity index (χ3v) is 24.8. The SMILES string of the molecule is CCCCCC/C=C\CCCCCCCCCC(=O)OCC1OC(OC2C(OC(=O)CCCCCCCCC/C=C\CCCCCC)C(O)C(O)C(OC3OC(CO)C(O)C(O)C3O)C2OP(=O)(O)OCC(COC(=O)CCCCCCCCC(C)CCCCCCCC)OC(=O)CCCCCCCCCCCCCCCCC)C(O)C(O)C1O. The van der Waals surface area contributed by atoms with E-state index in [1.807, 2.05) is 0 Å². The molecule has 0 amide bonds. The largest absolute Gasteiger partial charge is 0.472 e. The second-order valence-electron chi connectivity index (χ2n) is 34.9. The molecule has 19 atom stereocenters. The molecule has 3 rings (SSSR count). The highest BCUT2D eigenvalue weighted by Gasteiger charge is 2.60. The lowest BCUT2D eigenvalue weighted by Crippen LogP contribution is -2.70. The van der Waals surface area contributed by atoms with Crippen molar-refractivity contribution in [3.8, 4) is 0 Å². The Kier molecular flexibility index (Phi) is 66.6. The van der Waals surface area contributed by atoms with Crippen molar-refractivity contribution in [2.24, 2.45) is 5.92 Å². The molecular formula is C94H173O25P. The van der Waals surface area contributed by atoms with Gasteiger partial charge in [-0.15, -0.1) is 0 Å². The van der Waals surface area contributed by atoms with Gasteiger partial charge in [-0.05, 0) is 83.0 Å². The van der Waals surface area contributed by atoms with Crippen LogP contribution in [-0.2, 0) is 70.7 Å². The predicted molar refractivity (Wildman–Crippen MR) is 467 cm³/mol. The summed E-state index contributed by atoms with van der Waals surface area (Å²) in [6, 6.07) is 0. The molecule has 1 aliphatic carbocycles. The van der Waals surface area contributed by atoms with E-state index in [4.69, 9.17) is 46.9 Å². The topological polar surface area (TPSA) is 380 Å². The summed E-state index contributed by atoms with van der Waals surface area (Å²) in [6.45, 7) is 7.93. The van der Waals surface area contributed by atoms with E-state index >= 15 is 0 Å². The van der Waals surface area contributed by atoms with Crippen LogP contribution < -0.4 is 0 Å². The van der Waals surface area contributed by atoms with E-state index in [1.54, 1.807) is 0 Å². The number of aliphatic hydroxyl groups excluding tert-OH is 9. The maximum absolute atomic E-state index is 14.9. The lowest BCUT2D eigenvalue weighted by molar-refractivity contribution is -0.360. The summed E-state index contributed by atoms with van der Waals surface area (Å²) < 4.78 is 73.6. The fourth-order valence-corrected chi connectivity index (χ4v) is 17.0. The third-order valence-electron chi connectivity index (χ3n) is 23.8. The first kappa shape index (κ1) is 111. The molecule has 3 fully saturated rings. The molecule has 2 aliphatic heterocycles. The minimum atomic E-state index is -5.81. The van der Waals surface area contributed by atoms with Gasteiger partial charge >= 0.3 is 31.7 Å². The van der Waals surface area contributed by atoms with Gasteiger partial charge in [0.25, 0.3) is 0 Å². The van der Waals surface area contributed by atoms with Crippen LogP contribution in [0.15, 0.2) is 24.3 Å². The van der Waals surface area contributed by atoms with E-state index in [-0.39, 0.29) is 25.7 Å². The zero-order valence-electron chi connectivity index (χ0n) is 75.3. The number of hydrogen-bond donors (Lipinski definition) is 10. The Labute approximate surface area is 724 Å².